The molecule has 0 radical (unpaired) electrons. The molecule has 1 N–H and O–H groups in total. The van der Waals surface area contributed by atoms with Crippen LogP contribution in [0, 0.1) is 12.8 Å². The monoisotopic (exact) mass is 379 g/mol. The van der Waals surface area contributed by atoms with Crippen LogP contribution in [0.4, 0.5) is 5.82 Å². The number of anilines is 1. The zero-order chi connectivity index (χ0) is 19.3. The van der Waals surface area contributed by atoms with Gasteiger partial charge in [0.05, 0.1) is 23.3 Å². The van der Waals surface area contributed by atoms with Crippen LogP contribution in [-0.2, 0) is 24.2 Å². The van der Waals surface area contributed by atoms with Gasteiger partial charge in [0.2, 0.25) is 5.91 Å². The average Bonchev–Trinajstić information content (AvgIpc) is 3.25. The van der Waals surface area contributed by atoms with Crippen molar-refractivity contribution in [2.24, 2.45) is 5.92 Å². The van der Waals surface area contributed by atoms with E-state index in [2.05, 4.69) is 43.0 Å². The lowest BCUT2D eigenvalue weighted by Gasteiger charge is -2.41. The quantitative estimate of drug-likeness (QED) is 0.740. The van der Waals surface area contributed by atoms with Gasteiger partial charge in [0, 0.05) is 44.6 Å². The van der Waals surface area contributed by atoms with E-state index in [9.17, 15) is 4.79 Å². The van der Waals surface area contributed by atoms with E-state index in [1.807, 2.05) is 23.7 Å². The van der Waals surface area contributed by atoms with Gasteiger partial charge in [-0.05, 0) is 25.8 Å². The Labute approximate surface area is 163 Å². The molecule has 1 amide bonds. The maximum absolute atomic E-state index is 12.8. The lowest BCUT2D eigenvalue weighted by molar-refractivity contribution is -0.126. The molecule has 3 aromatic heterocycles. The second kappa shape index (κ2) is 6.61. The SMILES string of the molecule is CCc1cn2c(n1)CCC(C(=O)NC1CN(c3nccn4nc(C)cc34)C1)C2. The summed E-state index contributed by atoms with van der Waals surface area (Å²) < 4.78 is 4.02. The topological polar surface area (TPSA) is 80.4 Å². The van der Waals surface area contributed by atoms with Crippen molar-refractivity contribution in [1.29, 1.82) is 0 Å². The van der Waals surface area contributed by atoms with Crippen molar-refractivity contribution in [3.63, 3.8) is 0 Å². The molecular formula is C20H25N7O. The van der Waals surface area contributed by atoms with Crippen LogP contribution in [0.15, 0.2) is 24.7 Å². The van der Waals surface area contributed by atoms with E-state index in [0.29, 0.717) is 0 Å². The van der Waals surface area contributed by atoms with Crippen molar-refractivity contribution < 1.29 is 4.79 Å². The van der Waals surface area contributed by atoms with Crippen molar-refractivity contribution in [3.8, 4) is 0 Å². The minimum atomic E-state index is 0.0273. The smallest absolute Gasteiger partial charge is 0.225 e. The lowest BCUT2D eigenvalue weighted by atomic mass is 9.97. The number of aromatic nitrogens is 5. The van der Waals surface area contributed by atoms with E-state index in [4.69, 9.17) is 0 Å². The number of fused-ring (bicyclic) bond motifs is 2. The summed E-state index contributed by atoms with van der Waals surface area (Å²) in [5, 5.41) is 7.67. The van der Waals surface area contributed by atoms with E-state index >= 15 is 0 Å². The molecule has 5 heterocycles. The molecular weight excluding hydrogens is 354 g/mol. The van der Waals surface area contributed by atoms with Gasteiger partial charge in [0.25, 0.3) is 0 Å². The van der Waals surface area contributed by atoms with E-state index in [1.54, 1.807) is 6.20 Å². The molecule has 1 unspecified atom stereocenters. The summed E-state index contributed by atoms with van der Waals surface area (Å²) in [7, 11) is 0. The lowest BCUT2D eigenvalue weighted by Crippen LogP contribution is -2.60. The Morgan fingerprint density at radius 1 is 1.32 bits per heavy atom. The highest BCUT2D eigenvalue weighted by Crippen LogP contribution is 2.25. The summed E-state index contributed by atoms with van der Waals surface area (Å²) >= 11 is 0. The molecule has 0 spiro atoms. The van der Waals surface area contributed by atoms with Crippen LogP contribution in [0.1, 0.15) is 30.6 Å². The third-order valence-electron chi connectivity index (χ3n) is 5.79. The van der Waals surface area contributed by atoms with Crippen LogP contribution in [0.25, 0.3) is 5.52 Å². The molecule has 28 heavy (non-hydrogen) atoms. The van der Waals surface area contributed by atoms with Gasteiger partial charge in [-0.2, -0.15) is 5.10 Å². The number of imidazole rings is 1. The molecule has 8 heteroatoms. The van der Waals surface area contributed by atoms with Crippen LogP contribution < -0.4 is 10.2 Å². The molecule has 2 aliphatic heterocycles. The Hall–Kier alpha value is -2.90. The number of carbonyl (C=O) groups excluding carboxylic acids is 1. The number of rotatable bonds is 4. The van der Waals surface area contributed by atoms with Crippen LogP contribution in [0.3, 0.4) is 0 Å². The van der Waals surface area contributed by atoms with E-state index in [1.165, 1.54) is 0 Å². The number of aryl methyl sites for hydroxylation is 3. The molecule has 3 aromatic rings. The van der Waals surface area contributed by atoms with Gasteiger partial charge < -0.3 is 14.8 Å². The van der Waals surface area contributed by atoms with E-state index in [-0.39, 0.29) is 17.9 Å². The first-order valence-corrected chi connectivity index (χ1v) is 10.0. The Balaban J connectivity index is 1.20. The predicted octanol–water partition coefficient (Wildman–Crippen LogP) is 1.36. The summed E-state index contributed by atoms with van der Waals surface area (Å²) in [6.07, 6.45) is 8.42. The minimum Gasteiger partial charge on any atom is -0.351 e. The number of nitrogens with one attached hydrogen (secondary N) is 1. The molecule has 146 valence electrons. The molecule has 5 rings (SSSR count). The highest BCUT2D eigenvalue weighted by atomic mass is 16.2. The number of hydrogen-bond acceptors (Lipinski definition) is 5. The average molecular weight is 379 g/mol. The third kappa shape index (κ3) is 2.93. The van der Waals surface area contributed by atoms with Crippen LogP contribution in [0.2, 0.25) is 0 Å². The molecule has 0 aromatic carbocycles. The Morgan fingerprint density at radius 3 is 3.00 bits per heavy atom. The van der Waals surface area contributed by atoms with Crippen molar-refractivity contribution in [3.05, 3.63) is 41.9 Å². The highest BCUT2D eigenvalue weighted by molar-refractivity contribution is 5.80. The first-order valence-electron chi connectivity index (χ1n) is 10.0. The Kier molecular flexibility index (Phi) is 4.07. The van der Waals surface area contributed by atoms with E-state index < -0.39 is 0 Å². The standard InChI is InChI=1S/C20H25N7O/c1-3-15-10-25-9-14(4-5-18(25)22-15)20(28)23-16-11-26(12-16)19-17-8-13(2)24-27(17)7-6-21-19/h6-8,10,14,16H,3-5,9,11-12H2,1-2H3,(H,23,28). The van der Waals surface area contributed by atoms with Crippen molar-refractivity contribution >= 4 is 17.2 Å². The number of carbonyl (C=O) groups is 1. The molecule has 1 saturated heterocycles. The van der Waals surface area contributed by atoms with Gasteiger partial charge in [-0.25, -0.2) is 14.5 Å². The van der Waals surface area contributed by atoms with Gasteiger partial charge in [0.15, 0.2) is 5.82 Å². The minimum absolute atomic E-state index is 0.0273. The van der Waals surface area contributed by atoms with Gasteiger partial charge in [0.1, 0.15) is 11.3 Å². The second-order valence-corrected chi connectivity index (χ2v) is 7.87. The summed E-state index contributed by atoms with van der Waals surface area (Å²) in [4.78, 5) is 24.1. The molecule has 1 atom stereocenters. The first-order chi connectivity index (χ1) is 13.6. The number of nitrogens with zero attached hydrogens (tertiary/aromatic N) is 6. The van der Waals surface area contributed by atoms with Gasteiger partial charge in [-0.1, -0.05) is 6.92 Å². The first kappa shape index (κ1) is 17.2. The van der Waals surface area contributed by atoms with Crippen molar-refractivity contribution in [1.82, 2.24) is 29.5 Å². The van der Waals surface area contributed by atoms with Gasteiger partial charge in [-0.15, -0.1) is 0 Å². The molecule has 0 saturated carbocycles. The predicted molar refractivity (Wildman–Crippen MR) is 105 cm³/mol. The molecule has 2 aliphatic rings. The largest absolute Gasteiger partial charge is 0.351 e. The van der Waals surface area contributed by atoms with Gasteiger partial charge >= 0.3 is 0 Å². The molecule has 0 aliphatic carbocycles. The van der Waals surface area contributed by atoms with Crippen LogP contribution >= 0.6 is 0 Å². The van der Waals surface area contributed by atoms with E-state index in [0.717, 1.165) is 67.4 Å². The highest BCUT2D eigenvalue weighted by Gasteiger charge is 2.33. The maximum atomic E-state index is 12.8. The number of hydrogen-bond donors (Lipinski definition) is 1. The van der Waals surface area contributed by atoms with Crippen molar-refractivity contribution in [2.75, 3.05) is 18.0 Å². The summed E-state index contributed by atoms with van der Waals surface area (Å²) in [6.45, 7) is 6.40. The second-order valence-electron chi connectivity index (χ2n) is 7.87. The third-order valence-corrected chi connectivity index (χ3v) is 5.79. The fourth-order valence-corrected chi connectivity index (χ4v) is 4.22. The zero-order valence-electron chi connectivity index (χ0n) is 16.3. The summed E-state index contributed by atoms with van der Waals surface area (Å²) in [6, 6.07) is 2.22. The van der Waals surface area contributed by atoms with Gasteiger partial charge in [-0.3, -0.25) is 4.79 Å². The normalized spacial score (nSPS) is 19.5. The number of amides is 1. The van der Waals surface area contributed by atoms with Crippen molar-refractivity contribution in [2.45, 2.75) is 45.7 Å². The fourth-order valence-electron chi connectivity index (χ4n) is 4.22. The Morgan fingerprint density at radius 2 is 2.18 bits per heavy atom. The molecule has 1 fully saturated rings. The maximum Gasteiger partial charge on any atom is 0.225 e. The van der Waals surface area contributed by atoms with Crippen LogP contribution in [0.5, 0.6) is 0 Å². The van der Waals surface area contributed by atoms with Crippen LogP contribution in [-0.4, -0.2) is 49.2 Å². The summed E-state index contributed by atoms with van der Waals surface area (Å²) in [5.74, 6) is 2.24. The zero-order valence-corrected chi connectivity index (χ0v) is 16.3. The Bertz CT molecular complexity index is 1030. The summed E-state index contributed by atoms with van der Waals surface area (Å²) in [5.41, 5.74) is 3.10. The fraction of sp³-hybridized carbons (Fsp3) is 0.500. The molecule has 0 bridgehead atoms. The molecule has 8 nitrogen and oxygen atoms in total.